The molecule has 0 aliphatic heterocycles. The fourth-order valence-electron chi connectivity index (χ4n) is 1.69. The van der Waals surface area contributed by atoms with Crippen molar-refractivity contribution >= 4 is 16.6 Å². The third-order valence-electron chi connectivity index (χ3n) is 2.31. The smallest absolute Gasteiger partial charge is 0.0691 e. The van der Waals surface area contributed by atoms with Crippen LogP contribution in [0.2, 0.25) is 0 Å². The Morgan fingerprint density at radius 3 is 2.93 bits per heavy atom. The Balaban J connectivity index is 2.52. The molecule has 1 aromatic heterocycles. The monoisotopic (exact) mass is 190 g/mol. The molecule has 0 spiro atoms. The lowest BCUT2D eigenvalue weighted by Crippen LogP contribution is -2.10. The molecule has 1 heterocycles. The second kappa shape index (κ2) is 3.35. The van der Waals surface area contributed by atoms with Gasteiger partial charge < -0.3 is 15.4 Å². The zero-order valence-electron chi connectivity index (χ0n) is 8.14. The molecule has 2 aromatic rings. The third kappa shape index (κ3) is 1.46. The molecular weight excluding hydrogens is 176 g/mol. The normalized spacial score (nSPS) is 13.3. The lowest BCUT2D eigenvalue weighted by molar-refractivity contribution is 0.175. The van der Waals surface area contributed by atoms with Crippen LogP contribution in [0.1, 0.15) is 6.92 Å². The van der Waals surface area contributed by atoms with Gasteiger partial charge in [0, 0.05) is 23.8 Å². The van der Waals surface area contributed by atoms with E-state index in [1.54, 1.807) is 6.92 Å². The molecule has 1 aromatic carbocycles. The highest BCUT2D eigenvalue weighted by atomic mass is 16.3. The van der Waals surface area contributed by atoms with Gasteiger partial charge >= 0.3 is 0 Å². The second-order valence-corrected chi connectivity index (χ2v) is 3.60. The predicted octanol–water partition coefficient (Wildman–Crippen LogP) is 1.60. The molecule has 0 radical (unpaired) electrons. The summed E-state index contributed by atoms with van der Waals surface area (Å²) in [5.74, 6) is 0. The first kappa shape index (κ1) is 9.09. The molecule has 0 bridgehead atoms. The number of rotatable bonds is 2. The SMILES string of the molecule is CC(O)Cn1ccc2c(N)cccc21. The van der Waals surface area contributed by atoms with Gasteiger partial charge in [-0.25, -0.2) is 0 Å². The predicted molar refractivity (Wildman–Crippen MR) is 58.0 cm³/mol. The van der Waals surface area contributed by atoms with Crippen molar-refractivity contribution in [3.63, 3.8) is 0 Å². The summed E-state index contributed by atoms with van der Waals surface area (Å²) < 4.78 is 2.01. The molecule has 3 heteroatoms. The maximum atomic E-state index is 9.30. The fraction of sp³-hybridized carbons (Fsp3) is 0.273. The lowest BCUT2D eigenvalue weighted by Gasteiger charge is -2.07. The van der Waals surface area contributed by atoms with Crippen molar-refractivity contribution in [2.75, 3.05) is 5.73 Å². The van der Waals surface area contributed by atoms with Gasteiger partial charge in [0.2, 0.25) is 0 Å². The van der Waals surface area contributed by atoms with E-state index in [9.17, 15) is 5.11 Å². The molecule has 0 saturated carbocycles. The zero-order valence-corrected chi connectivity index (χ0v) is 8.14. The van der Waals surface area contributed by atoms with Gasteiger partial charge in [0.15, 0.2) is 0 Å². The van der Waals surface area contributed by atoms with E-state index in [4.69, 9.17) is 5.73 Å². The summed E-state index contributed by atoms with van der Waals surface area (Å²) >= 11 is 0. The van der Waals surface area contributed by atoms with E-state index in [0.29, 0.717) is 6.54 Å². The topological polar surface area (TPSA) is 51.2 Å². The Bertz CT molecular complexity index is 445. The molecule has 74 valence electrons. The van der Waals surface area contributed by atoms with Crippen LogP contribution in [0.15, 0.2) is 30.5 Å². The average molecular weight is 190 g/mol. The zero-order chi connectivity index (χ0) is 10.1. The summed E-state index contributed by atoms with van der Waals surface area (Å²) in [5.41, 5.74) is 7.68. The van der Waals surface area contributed by atoms with E-state index in [1.165, 1.54) is 0 Å². The molecule has 0 saturated heterocycles. The van der Waals surface area contributed by atoms with Gasteiger partial charge in [-0.1, -0.05) is 6.07 Å². The van der Waals surface area contributed by atoms with Crippen molar-refractivity contribution in [2.24, 2.45) is 0 Å². The number of nitrogen functional groups attached to an aromatic ring is 1. The van der Waals surface area contributed by atoms with Gasteiger partial charge in [-0.3, -0.25) is 0 Å². The highest BCUT2D eigenvalue weighted by Crippen LogP contribution is 2.21. The highest BCUT2D eigenvalue weighted by molar-refractivity contribution is 5.91. The van der Waals surface area contributed by atoms with E-state index in [0.717, 1.165) is 16.6 Å². The molecule has 14 heavy (non-hydrogen) atoms. The molecule has 2 rings (SSSR count). The standard InChI is InChI=1S/C11H14N2O/c1-8(14)7-13-6-5-9-10(12)3-2-4-11(9)13/h2-6,8,14H,7,12H2,1H3. The first-order chi connectivity index (χ1) is 6.68. The van der Waals surface area contributed by atoms with Crippen LogP contribution < -0.4 is 5.73 Å². The number of hydrogen-bond acceptors (Lipinski definition) is 2. The Labute approximate surface area is 82.8 Å². The van der Waals surface area contributed by atoms with Crippen molar-refractivity contribution in [1.82, 2.24) is 4.57 Å². The van der Waals surface area contributed by atoms with Gasteiger partial charge in [-0.05, 0) is 25.1 Å². The number of anilines is 1. The molecule has 1 unspecified atom stereocenters. The lowest BCUT2D eigenvalue weighted by atomic mass is 10.2. The summed E-state index contributed by atoms with van der Waals surface area (Å²) in [6.45, 7) is 2.38. The van der Waals surface area contributed by atoms with Crippen LogP contribution in [0.3, 0.4) is 0 Å². The molecule has 3 nitrogen and oxygen atoms in total. The summed E-state index contributed by atoms with van der Waals surface area (Å²) in [7, 11) is 0. The second-order valence-electron chi connectivity index (χ2n) is 3.60. The fourth-order valence-corrected chi connectivity index (χ4v) is 1.69. The van der Waals surface area contributed by atoms with Crippen molar-refractivity contribution in [1.29, 1.82) is 0 Å². The molecular formula is C11H14N2O. The van der Waals surface area contributed by atoms with Crippen LogP contribution in [0.25, 0.3) is 10.9 Å². The van der Waals surface area contributed by atoms with Gasteiger partial charge in [-0.15, -0.1) is 0 Å². The van der Waals surface area contributed by atoms with Crippen LogP contribution in [0, 0.1) is 0 Å². The number of benzene rings is 1. The van der Waals surface area contributed by atoms with Gasteiger partial charge in [-0.2, -0.15) is 0 Å². The summed E-state index contributed by atoms with van der Waals surface area (Å²) in [6, 6.07) is 7.80. The Hall–Kier alpha value is -1.48. The Morgan fingerprint density at radius 1 is 1.43 bits per heavy atom. The Kier molecular flexibility index (Phi) is 2.17. The van der Waals surface area contributed by atoms with E-state index in [1.807, 2.05) is 35.0 Å². The molecule has 0 amide bonds. The highest BCUT2D eigenvalue weighted by Gasteiger charge is 2.04. The molecule has 0 aliphatic rings. The van der Waals surface area contributed by atoms with Gasteiger partial charge in [0.05, 0.1) is 11.6 Å². The minimum absolute atomic E-state index is 0.341. The van der Waals surface area contributed by atoms with Gasteiger partial charge in [0.25, 0.3) is 0 Å². The first-order valence-electron chi connectivity index (χ1n) is 4.70. The van der Waals surface area contributed by atoms with Crippen LogP contribution in [0.4, 0.5) is 5.69 Å². The largest absolute Gasteiger partial charge is 0.398 e. The van der Waals surface area contributed by atoms with Crippen molar-refractivity contribution in [2.45, 2.75) is 19.6 Å². The van der Waals surface area contributed by atoms with E-state index >= 15 is 0 Å². The molecule has 0 aliphatic carbocycles. The number of aromatic nitrogens is 1. The number of hydrogen-bond donors (Lipinski definition) is 2. The van der Waals surface area contributed by atoms with E-state index in [2.05, 4.69) is 0 Å². The first-order valence-corrected chi connectivity index (χ1v) is 4.70. The maximum Gasteiger partial charge on any atom is 0.0691 e. The van der Waals surface area contributed by atoms with Crippen LogP contribution in [0.5, 0.6) is 0 Å². The number of aliphatic hydroxyl groups excluding tert-OH is 1. The third-order valence-corrected chi connectivity index (χ3v) is 2.31. The minimum Gasteiger partial charge on any atom is -0.398 e. The summed E-state index contributed by atoms with van der Waals surface area (Å²) in [5, 5.41) is 10.4. The molecule has 1 atom stereocenters. The van der Waals surface area contributed by atoms with Crippen molar-refractivity contribution in [3.8, 4) is 0 Å². The maximum absolute atomic E-state index is 9.30. The van der Waals surface area contributed by atoms with Crippen molar-refractivity contribution in [3.05, 3.63) is 30.5 Å². The number of nitrogens with two attached hydrogens (primary N) is 1. The van der Waals surface area contributed by atoms with Crippen molar-refractivity contribution < 1.29 is 5.11 Å². The Morgan fingerprint density at radius 2 is 2.21 bits per heavy atom. The summed E-state index contributed by atoms with van der Waals surface area (Å²) in [6.07, 6.45) is 1.61. The number of nitrogens with zero attached hydrogens (tertiary/aromatic N) is 1. The van der Waals surface area contributed by atoms with E-state index < -0.39 is 0 Å². The van der Waals surface area contributed by atoms with Gasteiger partial charge in [0.1, 0.15) is 0 Å². The van der Waals surface area contributed by atoms with Crippen LogP contribution in [-0.2, 0) is 6.54 Å². The molecule has 3 N–H and O–H groups in total. The van der Waals surface area contributed by atoms with Crippen LogP contribution >= 0.6 is 0 Å². The van der Waals surface area contributed by atoms with E-state index in [-0.39, 0.29) is 6.10 Å². The molecule has 0 fully saturated rings. The minimum atomic E-state index is -0.341. The quantitative estimate of drug-likeness (QED) is 0.707. The summed E-state index contributed by atoms with van der Waals surface area (Å²) in [4.78, 5) is 0. The number of aliphatic hydroxyl groups is 1. The van der Waals surface area contributed by atoms with Crippen LogP contribution in [-0.4, -0.2) is 15.8 Å². The number of fused-ring (bicyclic) bond motifs is 1. The average Bonchev–Trinajstić information content (AvgIpc) is 2.49.